The van der Waals surface area contributed by atoms with Gasteiger partial charge < -0.3 is 25.2 Å². The van der Waals surface area contributed by atoms with Crippen molar-refractivity contribution in [2.75, 3.05) is 13.1 Å². The Morgan fingerprint density at radius 2 is 1.74 bits per heavy atom. The molecule has 7 heteroatoms. The summed E-state index contributed by atoms with van der Waals surface area (Å²) in [7, 11) is 0. The number of β-amino-alcohol motifs (C(OH)–C–C–N with tert-alkyl or cyclic N) is 2. The second-order valence-corrected chi connectivity index (χ2v) is 4.77. The van der Waals surface area contributed by atoms with Crippen molar-refractivity contribution < 1.29 is 24.9 Å². The highest BCUT2D eigenvalue weighted by Gasteiger charge is 2.35. The maximum Gasteiger partial charge on any atom is 0.352 e. The number of H-pyrrole nitrogens is 1. The first kappa shape index (κ1) is 13.6. The van der Waals surface area contributed by atoms with Crippen molar-refractivity contribution in [3.63, 3.8) is 0 Å². The zero-order valence-electron chi connectivity index (χ0n) is 10.7. The van der Waals surface area contributed by atoms with Gasteiger partial charge >= 0.3 is 5.97 Å². The minimum atomic E-state index is -1.12. The number of carboxylic acid groups (broad SMARTS) is 1. The van der Waals surface area contributed by atoms with Crippen LogP contribution in [0.1, 0.15) is 32.1 Å². The van der Waals surface area contributed by atoms with Gasteiger partial charge in [-0.2, -0.15) is 0 Å². The number of carbonyl (C=O) groups is 2. The monoisotopic (exact) mass is 268 g/mol. The van der Waals surface area contributed by atoms with Gasteiger partial charge in [0.1, 0.15) is 5.69 Å². The first-order chi connectivity index (χ1) is 8.82. The molecule has 4 N–H and O–H groups in total. The third kappa shape index (κ3) is 2.22. The first-order valence-electron chi connectivity index (χ1n) is 5.90. The minimum Gasteiger partial charge on any atom is -0.477 e. The van der Waals surface area contributed by atoms with Gasteiger partial charge in [-0.15, -0.1) is 0 Å². The lowest BCUT2D eigenvalue weighted by atomic mass is 10.1. The summed E-state index contributed by atoms with van der Waals surface area (Å²) in [5.41, 5.74) is 1.11. The second-order valence-electron chi connectivity index (χ2n) is 4.77. The molecule has 1 fully saturated rings. The fourth-order valence-corrected chi connectivity index (χ4v) is 2.38. The predicted molar refractivity (Wildman–Crippen MR) is 65.1 cm³/mol. The Balaban J connectivity index is 2.32. The number of likely N-dealkylation sites (tertiary alicyclic amines) is 1. The number of carbonyl (C=O) groups excluding carboxylic acids is 1. The molecule has 2 atom stereocenters. The van der Waals surface area contributed by atoms with E-state index < -0.39 is 18.2 Å². The van der Waals surface area contributed by atoms with Gasteiger partial charge in [0.2, 0.25) is 0 Å². The number of carboxylic acids is 1. The highest BCUT2D eigenvalue weighted by Crippen LogP contribution is 2.22. The Morgan fingerprint density at radius 3 is 2.16 bits per heavy atom. The smallest absolute Gasteiger partial charge is 0.352 e. The number of rotatable bonds is 2. The molecule has 2 rings (SSSR count). The Bertz CT molecular complexity index is 526. The van der Waals surface area contributed by atoms with Crippen LogP contribution >= 0.6 is 0 Å². The van der Waals surface area contributed by atoms with Crippen molar-refractivity contribution in [3.8, 4) is 0 Å². The number of hydrogen-bond donors (Lipinski definition) is 4. The van der Waals surface area contributed by atoms with Crippen LogP contribution in [0.25, 0.3) is 0 Å². The van der Waals surface area contributed by atoms with Crippen LogP contribution in [0.2, 0.25) is 0 Å². The van der Waals surface area contributed by atoms with Crippen molar-refractivity contribution >= 4 is 11.9 Å². The SMILES string of the molecule is Cc1[nH]c(C(=O)O)c(C)c1C(=O)N1CC(O)C(O)C1. The molecule has 0 aromatic carbocycles. The normalized spacial score (nSPS) is 22.8. The highest BCUT2D eigenvalue weighted by molar-refractivity contribution is 6.01. The lowest BCUT2D eigenvalue weighted by Gasteiger charge is -2.15. The zero-order valence-corrected chi connectivity index (χ0v) is 10.7. The molecule has 7 nitrogen and oxygen atoms in total. The molecule has 1 amide bonds. The number of aromatic carboxylic acids is 1. The van der Waals surface area contributed by atoms with E-state index in [1.807, 2.05) is 0 Å². The first-order valence-corrected chi connectivity index (χ1v) is 5.90. The maximum absolute atomic E-state index is 12.3. The van der Waals surface area contributed by atoms with Crippen LogP contribution in [0.4, 0.5) is 0 Å². The second kappa shape index (κ2) is 4.67. The molecule has 0 bridgehead atoms. The summed E-state index contributed by atoms with van der Waals surface area (Å²) in [6, 6.07) is 0. The van der Waals surface area contributed by atoms with Crippen molar-refractivity contribution in [1.82, 2.24) is 9.88 Å². The Labute approximate surface area is 109 Å². The quantitative estimate of drug-likeness (QED) is 0.578. The molecular weight excluding hydrogens is 252 g/mol. The van der Waals surface area contributed by atoms with Crippen LogP contribution in [0, 0.1) is 13.8 Å². The van der Waals surface area contributed by atoms with E-state index in [9.17, 15) is 19.8 Å². The average molecular weight is 268 g/mol. The molecule has 1 aromatic rings. The number of nitrogens with one attached hydrogen (secondary N) is 1. The number of nitrogens with zero attached hydrogens (tertiary/aromatic N) is 1. The minimum absolute atomic E-state index is 0.0128. The van der Waals surface area contributed by atoms with Gasteiger partial charge in [0, 0.05) is 18.8 Å². The largest absolute Gasteiger partial charge is 0.477 e. The number of aliphatic hydroxyl groups excluding tert-OH is 2. The summed E-state index contributed by atoms with van der Waals surface area (Å²) in [6.45, 7) is 3.28. The van der Waals surface area contributed by atoms with Crippen LogP contribution in [-0.2, 0) is 0 Å². The average Bonchev–Trinajstić information content (AvgIpc) is 2.80. The Kier molecular flexibility index (Phi) is 3.34. The third-order valence-corrected chi connectivity index (χ3v) is 3.41. The van der Waals surface area contributed by atoms with Gasteiger partial charge in [-0.25, -0.2) is 4.79 Å². The van der Waals surface area contributed by atoms with Crippen LogP contribution in [0.3, 0.4) is 0 Å². The molecule has 0 saturated carbocycles. The molecule has 1 aliphatic heterocycles. The topological polar surface area (TPSA) is 114 Å². The van der Waals surface area contributed by atoms with Gasteiger partial charge in [-0.05, 0) is 19.4 Å². The standard InChI is InChI=1S/C12H16N2O5/c1-5-9(6(2)13-10(5)12(18)19)11(17)14-3-7(15)8(16)4-14/h7-8,13,15-16H,3-4H2,1-2H3,(H,18,19). The lowest BCUT2D eigenvalue weighted by Crippen LogP contribution is -2.30. The van der Waals surface area contributed by atoms with Crippen molar-refractivity contribution in [1.29, 1.82) is 0 Å². The van der Waals surface area contributed by atoms with Gasteiger partial charge in [-0.1, -0.05) is 0 Å². The maximum atomic E-state index is 12.3. The van der Waals surface area contributed by atoms with Crippen LogP contribution in [-0.4, -0.2) is 62.4 Å². The number of amides is 1. The molecule has 1 aliphatic rings. The number of aryl methyl sites for hydroxylation is 1. The molecule has 104 valence electrons. The molecular formula is C12H16N2O5. The summed E-state index contributed by atoms with van der Waals surface area (Å²) in [6.07, 6.45) is -1.91. The van der Waals surface area contributed by atoms with E-state index in [-0.39, 0.29) is 24.7 Å². The van der Waals surface area contributed by atoms with Gasteiger partial charge in [-0.3, -0.25) is 4.79 Å². The van der Waals surface area contributed by atoms with Gasteiger partial charge in [0.05, 0.1) is 17.8 Å². The molecule has 2 heterocycles. The van der Waals surface area contributed by atoms with Gasteiger partial charge in [0.15, 0.2) is 0 Å². The summed E-state index contributed by atoms with van der Waals surface area (Å²) in [5, 5.41) is 27.9. The molecule has 1 aromatic heterocycles. The highest BCUT2D eigenvalue weighted by atomic mass is 16.4. The predicted octanol–water partition coefficient (Wildman–Crippen LogP) is -0.493. The summed E-state index contributed by atoms with van der Waals surface area (Å²) in [4.78, 5) is 27.3. The molecule has 2 unspecified atom stereocenters. The van der Waals surface area contributed by atoms with Crippen LogP contribution < -0.4 is 0 Å². The van der Waals surface area contributed by atoms with Crippen molar-refractivity contribution in [3.05, 3.63) is 22.5 Å². The number of aromatic nitrogens is 1. The molecule has 0 spiro atoms. The van der Waals surface area contributed by atoms with E-state index in [2.05, 4.69) is 4.98 Å². The van der Waals surface area contributed by atoms with Gasteiger partial charge in [0.25, 0.3) is 5.91 Å². The van der Waals surface area contributed by atoms with E-state index in [4.69, 9.17) is 5.11 Å². The Hall–Kier alpha value is -1.86. The van der Waals surface area contributed by atoms with Crippen molar-refractivity contribution in [2.24, 2.45) is 0 Å². The van der Waals surface area contributed by atoms with E-state index in [1.165, 1.54) is 4.90 Å². The number of aromatic amines is 1. The number of hydrogen-bond acceptors (Lipinski definition) is 4. The van der Waals surface area contributed by atoms with Crippen molar-refractivity contribution in [2.45, 2.75) is 26.1 Å². The molecule has 0 aliphatic carbocycles. The molecule has 0 radical (unpaired) electrons. The summed E-state index contributed by atoms with van der Waals surface area (Å²) >= 11 is 0. The number of aliphatic hydroxyl groups is 2. The zero-order chi connectivity index (χ0) is 14.3. The van der Waals surface area contributed by atoms with E-state index in [0.29, 0.717) is 16.8 Å². The Morgan fingerprint density at radius 1 is 1.21 bits per heavy atom. The van der Waals surface area contributed by atoms with Crippen LogP contribution in [0.15, 0.2) is 0 Å². The lowest BCUT2D eigenvalue weighted by molar-refractivity contribution is 0.0572. The van der Waals surface area contributed by atoms with E-state index >= 15 is 0 Å². The third-order valence-electron chi connectivity index (χ3n) is 3.41. The summed E-state index contributed by atoms with van der Waals surface area (Å²) in [5.74, 6) is -1.50. The molecule has 19 heavy (non-hydrogen) atoms. The summed E-state index contributed by atoms with van der Waals surface area (Å²) < 4.78 is 0. The van der Waals surface area contributed by atoms with Crippen LogP contribution in [0.5, 0.6) is 0 Å². The molecule has 1 saturated heterocycles. The fourth-order valence-electron chi connectivity index (χ4n) is 2.38. The van der Waals surface area contributed by atoms with E-state index in [1.54, 1.807) is 13.8 Å². The fraction of sp³-hybridized carbons (Fsp3) is 0.500. The van der Waals surface area contributed by atoms with E-state index in [0.717, 1.165) is 0 Å².